The molecule has 4 rings (SSSR count). The van der Waals surface area contributed by atoms with Gasteiger partial charge in [-0.25, -0.2) is 0 Å². The van der Waals surface area contributed by atoms with Gasteiger partial charge in [0.2, 0.25) is 0 Å². The summed E-state index contributed by atoms with van der Waals surface area (Å²) in [4.78, 5) is 16.4. The minimum absolute atomic E-state index is 0.00255. The van der Waals surface area contributed by atoms with Crippen molar-refractivity contribution in [2.45, 2.75) is 12.5 Å². The Labute approximate surface area is 135 Å². The predicted octanol–water partition coefficient (Wildman–Crippen LogP) is 3.15. The van der Waals surface area contributed by atoms with E-state index in [1.807, 2.05) is 11.4 Å². The van der Waals surface area contributed by atoms with Gasteiger partial charge in [-0.3, -0.25) is 15.1 Å². The second-order valence-electron chi connectivity index (χ2n) is 5.43. The maximum atomic E-state index is 11.4. The SMILES string of the molecule is O=[N+]([O-])c1cc(C2NCCc3sccc32)c(O)c2ncccc12. The molecule has 0 radical (unpaired) electrons. The number of nitrogens with zero attached hydrogens (tertiary/aromatic N) is 2. The molecule has 3 aromatic rings. The molecule has 23 heavy (non-hydrogen) atoms. The smallest absolute Gasteiger partial charge is 0.279 e. The Bertz CT molecular complexity index is 922. The summed E-state index contributed by atoms with van der Waals surface area (Å²) in [6.45, 7) is 0.770. The van der Waals surface area contributed by atoms with E-state index in [4.69, 9.17) is 0 Å². The number of aromatic hydroxyl groups is 1. The summed E-state index contributed by atoms with van der Waals surface area (Å²) in [5.74, 6) is 0.00255. The van der Waals surface area contributed by atoms with Gasteiger partial charge in [-0.1, -0.05) is 0 Å². The number of nitro groups is 1. The van der Waals surface area contributed by atoms with E-state index in [-0.39, 0.29) is 23.0 Å². The number of aromatic nitrogens is 1. The molecule has 1 aliphatic heterocycles. The Kier molecular flexibility index (Phi) is 3.24. The van der Waals surface area contributed by atoms with Gasteiger partial charge in [-0.2, -0.15) is 0 Å². The molecule has 0 aliphatic carbocycles. The monoisotopic (exact) mass is 327 g/mol. The summed E-state index contributed by atoms with van der Waals surface area (Å²) < 4.78 is 0. The van der Waals surface area contributed by atoms with E-state index in [0.29, 0.717) is 10.9 Å². The van der Waals surface area contributed by atoms with Crippen molar-refractivity contribution in [1.29, 1.82) is 0 Å². The van der Waals surface area contributed by atoms with Gasteiger partial charge >= 0.3 is 0 Å². The van der Waals surface area contributed by atoms with E-state index in [9.17, 15) is 15.2 Å². The summed E-state index contributed by atoms with van der Waals surface area (Å²) in [5.41, 5.74) is 1.80. The van der Waals surface area contributed by atoms with Crippen molar-refractivity contribution in [2.24, 2.45) is 0 Å². The molecule has 1 unspecified atom stereocenters. The average Bonchev–Trinajstić information content (AvgIpc) is 3.04. The first-order chi connectivity index (χ1) is 11.2. The zero-order chi connectivity index (χ0) is 16.0. The van der Waals surface area contributed by atoms with Crippen LogP contribution in [0.4, 0.5) is 5.69 Å². The van der Waals surface area contributed by atoms with Crippen LogP contribution in [0.3, 0.4) is 0 Å². The highest BCUT2D eigenvalue weighted by Gasteiger charge is 2.28. The Morgan fingerprint density at radius 3 is 3.09 bits per heavy atom. The first kappa shape index (κ1) is 14.1. The number of nitrogens with one attached hydrogen (secondary N) is 1. The normalized spacial score (nSPS) is 17.1. The van der Waals surface area contributed by atoms with E-state index in [0.717, 1.165) is 18.5 Å². The Morgan fingerprint density at radius 1 is 1.39 bits per heavy atom. The summed E-state index contributed by atoms with van der Waals surface area (Å²) in [5, 5.41) is 27.8. The molecule has 1 aliphatic rings. The number of hydrogen-bond donors (Lipinski definition) is 2. The maximum Gasteiger partial charge on any atom is 0.279 e. The van der Waals surface area contributed by atoms with Crippen LogP contribution in [0, 0.1) is 10.1 Å². The molecule has 2 aromatic heterocycles. The molecule has 0 fully saturated rings. The molecule has 116 valence electrons. The molecule has 6 nitrogen and oxygen atoms in total. The third-order valence-electron chi connectivity index (χ3n) is 4.17. The number of thiophene rings is 1. The molecule has 0 saturated carbocycles. The van der Waals surface area contributed by atoms with Gasteiger partial charge in [-0.05, 0) is 35.6 Å². The molecule has 0 bridgehead atoms. The lowest BCUT2D eigenvalue weighted by atomic mass is 9.93. The van der Waals surface area contributed by atoms with Crippen LogP contribution in [0.2, 0.25) is 0 Å². The quantitative estimate of drug-likeness (QED) is 0.557. The second kappa shape index (κ2) is 5.29. The first-order valence-corrected chi connectivity index (χ1v) is 8.09. The number of phenolic OH excluding ortho intramolecular Hbond substituents is 1. The van der Waals surface area contributed by atoms with Gasteiger partial charge < -0.3 is 10.4 Å². The zero-order valence-corrected chi connectivity index (χ0v) is 12.8. The van der Waals surface area contributed by atoms with Gasteiger partial charge in [0.1, 0.15) is 11.3 Å². The van der Waals surface area contributed by atoms with Crippen molar-refractivity contribution in [3.8, 4) is 5.75 Å². The van der Waals surface area contributed by atoms with Crippen molar-refractivity contribution in [1.82, 2.24) is 10.3 Å². The minimum Gasteiger partial charge on any atom is -0.505 e. The first-order valence-electron chi connectivity index (χ1n) is 7.21. The summed E-state index contributed by atoms with van der Waals surface area (Å²) in [7, 11) is 0. The van der Waals surface area contributed by atoms with Gasteiger partial charge in [-0.15, -0.1) is 11.3 Å². The summed E-state index contributed by atoms with van der Waals surface area (Å²) >= 11 is 1.67. The van der Waals surface area contributed by atoms with Crippen LogP contribution in [0.25, 0.3) is 10.9 Å². The van der Waals surface area contributed by atoms with Gasteiger partial charge in [0.15, 0.2) is 0 Å². The van der Waals surface area contributed by atoms with Crippen LogP contribution in [-0.4, -0.2) is 21.6 Å². The second-order valence-corrected chi connectivity index (χ2v) is 6.43. The van der Waals surface area contributed by atoms with E-state index in [1.165, 1.54) is 17.1 Å². The zero-order valence-electron chi connectivity index (χ0n) is 12.0. The molecule has 0 amide bonds. The molecule has 2 N–H and O–H groups in total. The van der Waals surface area contributed by atoms with E-state index < -0.39 is 4.92 Å². The number of phenols is 1. The average molecular weight is 327 g/mol. The van der Waals surface area contributed by atoms with Crippen molar-refractivity contribution >= 4 is 27.9 Å². The Morgan fingerprint density at radius 2 is 2.26 bits per heavy atom. The maximum absolute atomic E-state index is 11.4. The lowest BCUT2D eigenvalue weighted by Gasteiger charge is -2.25. The Balaban J connectivity index is 1.99. The highest BCUT2D eigenvalue weighted by molar-refractivity contribution is 7.10. The van der Waals surface area contributed by atoms with Gasteiger partial charge in [0.25, 0.3) is 5.69 Å². The number of rotatable bonds is 2. The fraction of sp³-hybridized carbons (Fsp3) is 0.188. The van der Waals surface area contributed by atoms with E-state index in [2.05, 4.69) is 10.3 Å². The van der Waals surface area contributed by atoms with Crippen molar-refractivity contribution < 1.29 is 10.0 Å². The van der Waals surface area contributed by atoms with E-state index in [1.54, 1.807) is 23.5 Å². The highest BCUT2D eigenvalue weighted by Crippen LogP contribution is 2.41. The van der Waals surface area contributed by atoms with Crippen LogP contribution < -0.4 is 5.32 Å². The third-order valence-corrected chi connectivity index (χ3v) is 5.17. The molecule has 0 spiro atoms. The predicted molar refractivity (Wildman–Crippen MR) is 87.9 cm³/mol. The number of non-ortho nitro benzene ring substituents is 1. The summed E-state index contributed by atoms with van der Waals surface area (Å²) in [6, 6.07) is 6.45. The molecular formula is C16H13N3O3S. The van der Waals surface area contributed by atoms with Crippen LogP contribution >= 0.6 is 11.3 Å². The number of hydrogen-bond acceptors (Lipinski definition) is 6. The van der Waals surface area contributed by atoms with Crippen LogP contribution in [0.1, 0.15) is 22.0 Å². The molecular weight excluding hydrogens is 314 g/mol. The van der Waals surface area contributed by atoms with Crippen molar-refractivity contribution in [3.05, 3.63) is 62.0 Å². The molecule has 0 saturated heterocycles. The van der Waals surface area contributed by atoms with Crippen LogP contribution in [-0.2, 0) is 6.42 Å². The van der Waals surface area contributed by atoms with Gasteiger partial charge in [0, 0.05) is 29.2 Å². The van der Waals surface area contributed by atoms with Crippen LogP contribution in [0.5, 0.6) is 5.75 Å². The number of pyridine rings is 1. The highest BCUT2D eigenvalue weighted by atomic mass is 32.1. The van der Waals surface area contributed by atoms with Gasteiger partial charge in [0.05, 0.1) is 16.4 Å². The van der Waals surface area contributed by atoms with E-state index >= 15 is 0 Å². The largest absolute Gasteiger partial charge is 0.505 e. The standard InChI is InChI=1S/C16H13N3O3S/c20-16-11(14-10-4-7-23-13(10)3-6-18-14)8-12(19(21)22)9-2-1-5-17-15(9)16/h1-2,4-5,7-8,14,18,20H,3,6H2. The topological polar surface area (TPSA) is 88.3 Å². The molecule has 1 atom stereocenters. The third kappa shape index (κ3) is 2.16. The number of fused-ring (bicyclic) bond motifs is 2. The number of benzene rings is 1. The fourth-order valence-electron chi connectivity index (χ4n) is 3.13. The molecule has 3 heterocycles. The summed E-state index contributed by atoms with van der Waals surface area (Å²) in [6.07, 6.45) is 2.46. The Hall–Kier alpha value is -2.51. The van der Waals surface area contributed by atoms with Crippen LogP contribution in [0.15, 0.2) is 35.8 Å². The minimum atomic E-state index is -0.426. The number of nitro benzene ring substituents is 1. The fourth-order valence-corrected chi connectivity index (χ4v) is 4.05. The van der Waals surface area contributed by atoms with Crippen molar-refractivity contribution in [3.63, 3.8) is 0 Å². The lowest BCUT2D eigenvalue weighted by molar-refractivity contribution is -0.383. The lowest BCUT2D eigenvalue weighted by Crippen LogP contribution is -2.29. The van der Waals surface area contributed by atoms with Crippen molar-refractivity contribution in [2.75, 3.05) is 6.54 Å². The molecule has 1 aromatic carbocycles. The molecule has 7 heteroatoms.